The van der Waals surface area contributed by atoms with Crippen molar-refractivity contribution in [2.75, 3.05) is 25.1 Å². The highest BCUT2D eigenvalue weighted by atomic mass is 32.2. The zero-order valence-electron chi connectivity index (χ0n) is 18.5. The number of sulfonamides is 1. The van der Waals surface area contributed by atoms with Crippen LogP contribution in [-0.2, 0) is 16.7 Å². The van der Waals surface area contributed by atoms with E-state index in [-0.39, 0.29) is 33.8 Å². The molecule has 1 heterocycles. The summed E-state index contributed by atoms with van der Waals surface area (Å²) in [5, 5.41) is 28.3. The van der Waals surface area contributed by atoms with Crippen LogP contribution in [0.15, 0.2) is 58.6 Å². The van der Waals surface area contributed by atoms with Crippen LogP contribution in [0.4, 0.5) is 14.9 Å². The number of hydrogen-bond acceptors (Lipinski definition) is 6. The largest absolute Gasteiger partial charge is 0.395 e. The summed E-state index contributed by atoms with van der Waals surface area (Å²) in [7, 11) is -2.76. The van der Waals surface area contributed by atoms with Gasteiger partial charge in [0.1, 0.15) is 6.67 Å². The first-order valence-electron chi connectivity index (χ1n) is 10.2. The average Bonchev–Trinajstić information content (AvgIpc) is 2.84. The first-order valence-corrected chi connectivity index (χ1v) is 11.7. The van der Waals surface area contributed by atoms with E-state index < -0.39 is 35.4 Å². The lowest BCUT2D eigenvalue weighted by molar-refractivity contribution is 0.202. The number of carbonyl (C=O) groups excluding carboxylic acids is 1. The van der Waals surface area contributed by atoms with Crippen LogP contribution in [0.25, 0.3) is 0 Å². The van der Waals surface area contributed by atoms with Crippen molar-refractivity contribution in [1.82, 2.24) is 9.62 Å². The van der Waals surface area contributed by atoms with E-state index in [4.69, 9.17) is 5.11 Å². The molecular weight excluding hydrogens is 461 g/mol. The number of aliphatic hydroxyl groups excluding tert-OH is 1. The van der Waals surface area contributed by atoms with Gasteiger partial charge in [-0.25, -0.2) is 22.3 Å². The molecule has 11 heteroatoms. The Morgan fingerprint density at radius 1 is 1.18 bits per heavy atom. The number of likely N-dealkylation sites (N-methyl/N-ethyl adjacent to an activating group) is 1. The SMILES string of the molecule is CC1=C(C#N)[C@@H](c2ccc(C#N)cc2S(=O)(=O)NCCO)N(C)C(=O)N1c1cccc(CF)c1. The topological polar surface area (TPSA) is 138 Å². The maximum absolute atomic E-state index is 13.4. The minimum Gasteiger partial charge on any atom is -0.395 e. The third kappa shape index (κ3) is 4.50. The molecule has 0 fully saturated rings. The van der Waals surface area contributed by atoms with E-state index in [0.29, 0.717) is 11.3 Å². The Bertz CT molecular complexity index is 1340. The molecule has 2 aromatic rings. The van der Waals surface area contributed by atoms with Gasteiger partial charge in [-0.05, 0) is 36.8 Å². The van der Waals surface area contributed by atoms with Gasteiger partial charge in [0.25, 0.3) is 0 Å². The van der Waals surface area contributed by atoms with Crippen molar-refractivity contribution in [2.45, 2.75) is 24.5 Å². The van der Waals surface area contributed by atoms with Crippen molar-refractivity contribution < 1.29 is 22.7 Å². The number of halogens is 1. The zero-order chi connectivity index (χ0) is 25.0. The van der Waals surface area contributed by atoms with E-state index >= 15 is 0 Å². The lowest BCUT2D eigenvalue weighted by Gasteiger charge is -2.40. The summed E-state index contributed by atoms with van der Waals surface area (Å²) in [5.74, 6) is 0. The summed E-state index contributed by atoms with van der Waals surface area (Å²) in [6.45, 7) is 0.135. The number of allylic oxidation sites excluding steroid dienone is 1. The van der Waals surface area contributed by atoms with Crippen LogP contribution in [0.2, 0.25) is 0 Å². The van der Waals surface area contributed by atoms with Crippen LogP contribution in [-0.4, -0.2) is 44.7 Å². The minimum atomic E-state index is -4.19. The number of benzene rings is 2. The standard InChI is InChI=1S/C23H22FN5O4S/c1-15-20(14-26)22(28(2)23(31)29(15)18-5-3-4-16(10-18)12-24)19-7-6-17(13-25)11-21(19)34(32,33)27-8-9-30/h3-7,10-11,22,27,30H,8-9,12H2,1-2H3/t22-/m1/s1. The zero-order valence-corrected chi connectivity index (χ0v) is 19.3. The van der Waals surface area contributed by atoms with E-state index in [9.17, 15) is 28.1 Å². The monoisotopic (exact) mass is 483 g/mol. The van der Waals surface area contributed by atoms with Gasteiger partial charge in [-0.15, -0.1) is 0 Å². The van der Waals surface area contributed by atoms with Gasteiger partial charge in [0, 0.05) is 24.9 Å². The smallest absolute Gasteiger partial charge is 0.329 e. The molecule has 0 aliphatic carbocycles. The molecule has 1 aliphatic heterocycles. The Kier molecular flexibility index (Phi) is 7.32. The van der Waals surface area contributed by atoms with Crippen molar-refractivity contribution in [3.63, 3.8) is 0 Å². The number of rotatable bonds is 7. The molecule has 0 unspecified atom stereocenters. The molecule has 1 aliphatic rings. The van der Waals surface area contributed by atoms with Crippen molar-refractivity contribution in [1.29, 1.82) is 10.5 Å². The summed E-state index contributed by atoms with van der Waals surface area (Å²) in [6.07, 6.45) is 0. The minimum absolute atomic E-state index is 0.0711. The summed E-state index contributed by atoms with van der Waals surface area (Å²) in [4.78, 5) is 15.6. The first kappa shape index (κ1) is 24.9. The third-order valence-corrected chi connectivity index (χ3v) is 6.97. The van der Waals surface area contributed by atoms with E-state index in [2.05, 4.69) is 10.8 Å². The number of alkyl halides is 1. The van der Waals surface area contributed by atoms with E-state index in [1.807, 2.05) is 6.07 Å². The maximum atomic E-state index is 13.4. The van der Waals surface area contributed by atoms with Crippen molar-refractivity contribution in [3.05, 3.63) is 70.4 Å². The quantitative estimate of drug-likeness (QED) is 0.621. The van der Waals surface area contributed by atoms with Gasteiger partial charge in [-0.2, -0.15) is 10.5 Å². The van der Waals surface area contributed by atoms with Gasteiger partial charge < -0.3 is 10.0 Å². The van der Waals surface area contributed by atoms with Gasteiger partial charge in [-0.3, -0.25) is 4.90 Å². The van der Waals surface area contributed by atoms with Crippen LogP contribution >= 0.6 is 0 Å². The van der Waals surface area contributed by atoms with E-state index in [1.54, 1.807) is 25.1 Å². The molecule has 2 amide bonds. The fraction of sp³-hybridized carbons (Fsp3) is 0.261. The molecule has 1 atom stereocenters. The Morgan fingerprint density at radius 3 is 2.53 bits per heavy atom. The second kappa shape index (κ2) is 10.0. The van der Waals surface area contributed by atoms with Crippen LogP contribution in [0.1, 0.15) is 29.7 Å². The molecule has 0 saturated carbocycles. The molecule has 0 saturated heterocycles. The number of amides is 2. The molecule has 0 spiro atoms. The fourth-order valence-corrected chi connectivity index (χ4v) is 5.12. The predicted molar refractivity (Wildman–Crippen MR) is 121 cm³/mol. The van der Waals surface area contributed by atoms with Crippen molar-refractivity contribution in [2.24, 2.45) is 0 Å². The number of aliphatic hydroxyl groups is 1. The number of urea groups is 1. The Hall–Kier alpha value is -3.77. The molecule has 2 aromatic carbocycles. The number of nitriles is 2. The maximum Gasteiger partial charge on any atom is 0.329 e. The predicted octanol–water partition coefficient (Wildman–Crippen LogP) is 2.71. The van der Waals surface area contributed by atoms with Crippen molar-refractivity contribution in [3.8, 4) is 12.1 Å². The molecular formula is C23H22FN5O4S. The second-order valence-corrected chi connectivity index (χ2v) is 9.27. The molecule has 0 aromatic heterocycles. The summed E-state index contributed by atoms with van der Waals surface area (Å²) < 4.78 is 41.4. The van der Waals surface area contributed by atoms with Crippen LogP contribution in [0.5, 0.6) is 0 Å². The van der Waals surface area contributed by atoms with Gasteiger partial charge in [0.05, 0.1) is 46.5 Å². The summed E-state index contributed by atoms with van der Waals surface area (Å²) >= 11 is 0. The van der Waals surface area contributed by atoms with Gasteiger partial charge >= 0.3 is 6.03 Å². The van der Waals surface area contributed by atoms with Crippen LogP contribution in [0.3, 0.4) is 0 Å². The highest BCUT2D eigenvalue weighted by Gasteiger charge is 2.40. The van der Waals surface area contributed by atoms with Gasteiger partial charge in [0.15, 0.2) is 0 Å². The molecule has 3 rings (SSSR count). The van der Waals surface area contributed by atoms with Crippen LogP contribution < -0.4 is 9.62 Å². The molecule has 0 radical (unpaired) electrons. The van der Waals surface area contributed by atoms with Gasteiger partial charge in [0.2, 0.25) is 10.0 Å². The molecule has 0 bridgehead atoms. The summed E-state index contributed by atoms with van der Waals surface area (Å²) in [5.41, 5.74) is 1.29. The number of anilines is 1. The molecule has 34 heavy (non-hydrogen) atoms. The van der Waals surface area contributed by atoms with E-state index in [1.165, 1.54) is 35.0 Å². The highest BCUT2D eigenvalue weighted by molar-refractivity contribution is 7.89. The molecule has 2 N–H and O–H groups in total. The van der Waals surface area contributed by atoms with E-state index in [0.717, 1.165) is 6.07 Å². The number of hydrogen-bond donors (Lipinski definition) is 2. The average molecular weight is 484 g/mol. The lowest BCUT2D eigenvalue weighted by Crippen LogP contribution is -2.48. The third-order valence-electron chi connectivity index (χ3n) is 5.45. The highest BCUT2D eigenvalue weighted by Crippen LogP contribution is 2.40. The molecule has 176 valence electrons. The Labute approximate surface area is 197 Å². The van der Waals surface area contributed by atoms with Crippen LogP contribution in [0, 0.1) is 22.7 Å². The fourth-order valence-electron chi connectivity index (χ4n) is 3.83. The number of carbonyl (C=O) groups is 1. The first-order chi connectivity index (χ1) is 16.2. The Balaban J connectivity index is 2.23. The number of nitrogens with one attached hydrogen (secondary N) is 1. The summed E-state index contributed by atoms with van der Waals surface area (Å²) in [6, 6.07) is 12.6. The Morgan fingerprint density at radius 2 is 1.91 bits per heavy atom. The van der Waals surface area contributed by atoms with Gasteiger partial charge in [-0.1, -0.05) is 18.2 Å². The normalized spacial score (nSPS) is 16.4. The lowest BCUT2D eigenvalue weighted by atomic mass is 9.93. The number of nitrogens with zero attached hydrogens (tertiary/aromatic N) is 4. The molecule has 9 nitrogen and oxygen atoms in total. The van der Waals surface area contributed by atoms with Crippen molar-refractivity contribution >= 4 is 21.7 Å². The second-order valence-electron chi connectivity index (χ2n) is 7.53.